The Kier molecular flexibility index (Phi) is 7.88. The molecule has 0 aliphatic heterocycles. The van der Waals surface area contributed by atoms with Crippen LogP contribution in [0, 0.1) is 10.1 Å². The van der Waals surface area contributed by atoms with Gasteiger partial charge in [-0.25, -0.2) is 13.1 Å². The van der Waals surface area contributed by atoms with Crippen LogP contribution in [0.4, 0.5) is 24.5 Å². The molecule has 0 saturated carbocycles. The van der Waals surface area contributed by atoms with Crippen molar-refractivity contribution >= 4 is 33.3 Å². The van der Waals surface area contributed by atoms with Gasteiger partial charge in [0.25, 0.3) is 11.6 Å². The SMILES string of the molecule is O=C(COC(=O)CCNS(=O)(=O)c1cccc(C(F)(F)F)c1)Nc1ccc([N+](=O)[O-])cc1. The van der Waals surface area contributed by atoms with Crippen LogP contribution >= 0.6 is 0 Å². The summed E-state index contributed by atoms with van der Waals surface area (Å²) in [6.45, 7) is -1.17. The molecule has 2 aromatic carbocycles. The fourth-order valence-corrected chi connectivity index (χ4v) is 3.37. The Bertz CT molecular complexity index is 1100. The molecule has 172 valence electrons. The Morgan fingerprint density at radius 3 is 2.34 bits per heavy atom. The highest BCUT2D eigenvalue weighted by molar-refractivity contribution is 7.89. The van der Waals surface area contributed by atoms with E-state index in [1.165, 1.54) is 12.1 Å². The molecular formula is C18H16F3N3O7S. The first-order chi connectivity index (χ1) is 14.9. The van der Waals surface area contributed by atoms with Crippen molar-refractivity contribution in [2.24, 2.45) is 0 Å². The van der Waals surface area contributed by atoms with E-state index < -0.39 is 63.0 Å². The molecule has 2 rings (SSSR count). The lowest BCUT2D eigenvalue weighted by Crippen LogP contribution is -2.28. The zero-order chi connectivity index (χ0) is 23.9. The van der Waals surface area contributed by atoms with Gasteiger partial charge in [-0.2, -0.15) is 13.2 Å². The van der Waals surface area contributed by atoms with E-state index in [2.05, 4.69) is 10.1 Å². The lowest BCUT2D eigenvalue weighted by atomic mass is 10.2. The van der Waals surface area contributed by atoms with Gasteiger partial charge in [0.15, 0.2) is 6.61 Å². The van der Waals surface area contributed by atoms with E-state index in [-0.39, 0.29) is 11.4 Å². The van der Waals surface area contributed by atoms with E-state index in [9.17, 15) is 41.3 Å². The number of hydrogen-bond acceptors (Lipinski definition) is 7. The molecule has 0 bridgehead atoms. The number of carbonyl (C=O) groups excluding carboxylic acids is 2. The molecule has 0 heterocycles. The lowest BCUT2D eigenvalue weighted by Gasteiger charge is -2.10. The predicted octanol–water partition coefficient (Wildman–Crippen LogP) is 2.46. The molecule has 0 unspecified atom stereocenters. The number of nitrogens with zero attached hydrogens (tertiary/aromatic N) is 1. The number of carbonyl (C=O) groups is 2. The summed E-state index contributed by atoms with van der Waals surface area (Å²) < 4.78 is 69.0. The van der Waals surface area contributed by atoms with Crippen molar-refractivity contribution in [3.8, 4) is 0 Å². The van der Waals surface area contributed by atoms with E-state index in [1.54, 1.807) is 0 Å². The first-order valence-corrected chi connectivity index (χ1v) is 10.2. The molecular weight excluding hydrogens is 459 g/mol. The van der Waals surface area contributed by atoms with Gasteiger partial charge in [-0.05, 0) is 30.3 Å². The minimum absolute atomic E-state index is 0.179. The Hall–Kier alpha value is -3.52. The molecule has 10 nitrogen and oxygen atoms in total. The van der Waals surface area contributed by atoms with Gasteiger partial charge in [0.05, 0.1) is 21.8 Å². The largest absolute Gasteiger partial charge is 0.456 e. The molecule has 0 aliphatic carbocycles. The number of nitro benzene ring substituents is 1. The maximum absolute atomic E-state index is 12.7. The summed E-state index contributed by atoms with van der Waals surface area (Å²) in [6.07, 6.45) is -5.20. The number of hydrogen-bond donors (Lipinski definition) is 2. The smallest absolute Gasteiger partial charge is 0.416 e. The topological polar surface area (TPSA) is 145 Å². The van der Waals surface area contributed by atoms with E-state index in [0.717, 1.165) is 30.3 Å². The maximum Gasteiger partial charge on any atom is 0.416 e. The zero-order valence-electron chi connectivity index (χ0n) is 16.1. The first-order valence-electron chi connectivity index (χ1n) is 8.75. The number of esters is 1. The van der Waals surface area contributed by atoms with E-state index in [1.807, 2.05) is 4.72 Å². The van der Waals surface area contributed by atoms with Crippen LogP contribution in [0.3, 0.4) is 0 Å². The predicted molar refractivity (Wildman–Crippen MR) is 104 cm³/mol. The highest BCUT2D eigenvalue weighted by Crippen LogP contribution is 2.30. The van der Waals surface area contributed by atoms with Gasteiger partial charge >= 0.3 is 12.1 Å². The number of amides is 1. The summed E-state index contributed by atoms with van der Waals surface area (Å²) in [7, 11) is -4.31. The molecule has 32 heavy (non-hydrogen) atoms. The van der Waals surface area contributed by atoms with Crippen LogP contribution in [0.15, 0.2) is 53.4 Å². The molecule has 0 fully saturated rings. The molecule has 2 N–H and O–H groups in total. The second-order valence-corrected chi connectivity index (χ2v) is 7.95. The summed E-state index contributed by atoms with van der Waals surface area (Å²) >= 11 is 0. The Balaban J connectivity index is 1.79. The van der Waals surface area contributed by atoms with Crippen molar-refractivity contribution in [2.45, 2.75) is 17.5 Å². The van der Waals surface area contributed by atoms with Crippen LogP contribution in [-0.2, 0) is 30.5 Å². The zero-order valence-corrected chi connectivity index (χ0v) is 16.9. The highest BCUT2D eigenvalue weighted by Gasteiger charge is 2.31. The van der Waals surface area contributed by atoms with Crippen LogP contribution in [0.5, 0.6) is 0 Å². The molecule has 0 atom stereocenters. The third-order valence-electron chi connectivity index (χ3n) is 3.82. The second kappa shape index (κ2) is 10.2. The van der Waals surface area contributed by atoms with Gasteiger partial charge in [-0.15, -0.1) is 0 Å². The molecule has 14 heteroatoms. The van der Waals surface area contributed by atoms with E-state index >= 15 is 0 Å². The average Bonchev–Trinajstić information content (AvgIpc) is 2.72. The van der Waals surface area contributed by atoms with Crippen molar-refractivity contribution in [1.82, 2.24) is 4.72 Å². The van der Waals surface area contributed by atoms with Crippen LogP contribution in [-0.4, -0.2) is 38.4 Å². The van der Waals surface area contributed by atoms with Crippen LogP contribution < -0.4 is 10.0 Å². The van der Waals surface area contributed by atoms with Crippen molar-refractivity contribution in [2.75, 3.05) is 18.5 Å². The number of benzene rings is 2. The molecule has 0 aliphatic rings. The third kappa shape index (κ3) is 7.31. The number of sulfonamides is 1. The minimum atomic E-state index is -4.72. The van der Waals surface area contributed by atoms with Crippen LogP contribution in [0.2, 0.25) is 0 Å². The number of non-ortho nitro benzene ring substituents is 1. The molecule has 0 radical (unpaired) electrons. The summed E-state index contributed by atoms with van der Waals surface area (Å²) in [5, 5.41) is 12.9. The maximum atomic E-state index is 12.7. The normalized spacial score (nSPS) is 11.6. The number of halogens is 3. The third-order valence-corrected chi connectivity index (χ3v) is 5.28. The Morgan fingerprint density at radius 2 is 1.75 bits per heavy atom. The van der Waals surface area contributed by atoms with Gasteiger partial charge in [0, 0.05) is 24.4 Å². The van der Waals surface area contributed by atoms with Gasteiger partial charge < -0.3 is 10.1 Å². The van der Waals surface area contributed by atoms with Crippen molar-refractivity contribution in [3.05, 3.63) is 64.2 Å². The van der Waals surface area contributed by atoms with Gasteiger partial charge in [-0.3, -0.25) is 19.7 Å². The number of nitro groups is 1. The molecule has 0 saturated heterocycles. The van der Waals surface area contributed by atoms with Gasteiger partial charge in [0.1, 0.15) is 0 Å². The molecule has 1 amide bonds. The number of nitrogens with one attached hydrogen (secondary N) is 2. The Labute approximate surface area is 179 Å². The molecule has 0 aromatic heterocycles. The fourth-order valence-electron chi connectivity index (χ4n) is 2.29. The van der Waals surface area contributed by atoms with E-state index in [0.29, 0.717) is 6.07 Å². The first kappa shape index (κ1) is 24.7. The van der Waals surface area contributed by atoms with Crippen molar-refractivity contribution in [3.63, 3.8) is 0 Å². The van der Waals surface area contributed by atoms with Gasteiger partial charge in [-0.1, -0.05) is 6.07 Å². The number of alkyl halides is 3. The number of anilines is 1. The van der Waals surface area contributed by atoms with E-state index in [4.69, 9.17) is 0 Å². The van der Waals surface area contributed by atoms with Gasteiger partial charge in [0.2, 0.25) is 10.0 Å². The van der Waals surface area contributed by atoms with Crippen molar-refractivity contribution < 1.29 is 40.8 Å². The lowest BCUT2D eigenvalue weighted by molar-refractivity contribution is -0.384. The minimum Gasteiger partial charge on any atom is -0.456 e. The van der Waals surface area contributed by atoms with Crippen LogP contribution in [0.1, 0.15) is 12.0 Å². The number of ether oxygens (including phenoxy) is 1. The quantitative estimate of drug-likeness (QED) is 0.322. The molecule has 2 aromatic rings. The summed E-state index contributed by atoms with van der Waals surface area (Å²) in [5.74, 6) is -1.67. The highest BCUT2D eigenvalue weighted by atomic mass is 32.2. The molecule has 0 spiro atoms. The number of rotatable bonds is 9. The second-order valence-electron chi connectivity index (χ2n) is 6.19. The van der Waals surface area contributed by atoms with Crippen molar-refractivity contribution in [1.29, 1.82) is 0 Å². The monoisotopic (exact) mass is 475 g/mol. The standard InChI is InChI=1S/C18H16F3N3O7S/c19-18(20,21)12-2-1-3-15(10-12)32(29,30)22-9-8-17(26)31-11-16(25)23-13-4-6-14(7-5-13)24(27)28/h1-7,10,22H,8-9,11H2,(H,23,25). The van der Waals surface area contributed by atoms with Crippen LogP contribution in [0.25, 0.3) is 0 Å². The average molecular weight is 475 g/mol. The summed E-state index contributed by atoms with van der Waals surface area (Å²) in [4.78, 5) is 32.7. The summed E-state index contributed by atoms with van der Waals surface area (Å²) in [5.41, 5.74) is -1.09. The fraction of sp³-hybridized carbons (Fsp3) is 0.222. The Morgan fingerprint density at radius 1 is 1.09 bits per heavy atom. The summed E-state index contributed by atoms with van der Waals surface area (Å²) in [6, 6.07) is 7.98.